The number of nitro groups is 1. The molecule has 1 saturated heterocycles. The lowest BCUT2D eigenvalue weighted by Gasteiger charge is -2.28. The third-order valence-electron chi connectivity index (χ3n) is 4.81. The summed E-state index contributed by atoms with van der Waals surface area (Å²) in [6.07, 6.45) is 7.15. The van der Waals surface area contributed by atoms with Crippen LogP contribution in [-0.4, -0.2) is 38.9 Å². The topological polar surface area (TPSA) is 101 Å². The molecule has 0 bridgehead atoms. The standard InChI is InChI=1S/C21H19N5O3S/c27-21(25-11-8-15(9-12-25)13-17-3-1-2-10-22-17)24-20-23-14-19(30-20)16-4-6-18(7-5-16)26(28)29/h1-7,10,13-14H,8-9,11-12H2,(H,23,24,27). The Labute approximate surface area is 177 Å². The van der Waals surface area contributed by atoms with Gasteiger partial charge < -0.3 is 4.90 Å². The summed E-state index contributed by atoms with van der Waals surface area (Å²) in [5.41, 5.74) is 3.08. The predicted molar refractivity (Wildman–Crippen MR) is 116 cm³/mol. The molecule has 2 aromatic heterocycles. The minimum atomic E-state index is -0.433. The Morgan fingerprint density at radius 2 is 1.90 bits per heavy atom. The third kappa shape index (κ3) is 4.69. The van der Waals surface area contributed by atoms with Crippen LogP contribution in [0.15, 0.2) is 60.4 Å². The number of nitrogens with zero attached hydrogens (tertiary/aromatic N) is 4. The summed E-state index contributed by atoms with van der Waals surface area (Å²) in [6, 6.07) is 11.9. The summed E-state index contributed by atoms with van der Waals surface area (Å²) in [6.45, 7) is 1.29. The van der Waals surface area contributed by atoms with Crippen molar-refractivity contribution in [1.29, 1.82) is 0 Å². The lowest BCUT2D eigenvalue weighted by atomic mass is 10.0. The van der Waals surface area contributed by atoms with Crippen molar-refractivity contribution in [3.05, 3.63) is 76.2 Å². The van der Waals surface area contributed by atoms with Crippen molar-refractivity contribution in [2.24, 2.45) is 0 Å². The van der Waals surface area contributed by atoms with Crippen molar-refractivity contribution < 1.29 is 9.72 Å². The Morgan fingerprint density at radius 3 is 2.57 bits per heavy atom. The van der Waals surface area contributed by atoms with Crippen LogP contribution in [0.1, 0.15) is 18.5 Å². The van der Waals surface area contributed by atoms with E-state index in [0.29, 0.717) is 18.2 Å². The molecule has 1 aliphatic rings. The molecule has 0 atom stereocenters. The minimum Gasteiger partial charge on any atom is -0.324 e. The second-order valence-electron chi connectivity index (χ2n) is 6.81. The zero-order valence-corrected chi connectivity index (χ0v) is 16.8. The summed E-state index contributed by atoms with van der Waals surface area (Å²) >= 11 is 1.34. The van der Waals surface area contributed by atoms with Gasteiger partial charge in [-0.25, -0.2) is 9.78 Å². The summed E-state index contributed by atoms with van der Waals surface area (Å²) in [7, 11) is 0. The highest BCUT2D eigenvalue weighted by Gasteiger charge is 2.20. The molecule has 1 aromatic carbocycles. The first-order valence-electron chi connectivity index (χ1n) is 9.45. The Morgan fingerprint density at radius 1 is 1.13 bits per heavy atom. The van der Waals surface area contributed by atoms with E-state index in [1.807, 2.05) is 18.2 Å². The number of aromatic nitrogens is 2. The summed E-state index contributed by atoms with van der Waals surface area (Å²) in [4.78, 5) is 34.1. The fourth-order valence-corrected chi connectivity index (χ4v) is 4.01. The number of pyridine rings is 1. The molecule has 0 spiro atoms. The van der Waals surface area contributed by atoms with Gasteiger partial charge >= 0.3 is 6.03 Å². The van der Waals surface area contributed by atoms with E-state index in [4.69, 9.17) is 0 Å². The van der Waals surface area contributed by atoms with Crippen LogP contribution in [0.25, 0.3) is 16.5 Å². The number of carbonyl (C=O) groups is 1. The number of anilines is 1. The molecule has 0 saturated carbocycles. The molecule has 8 nitrogen and oxygen atoms in total. The number of nitro benzene ring substituents is 1. The van der Waals surface area contributed by atoms with E-state index in [1.54, 1.807) is 29.4 Å². The van der Waals surface area contributed by atoms with Gasteiger partial charge in [0.25, 0.3) is 5.69 Å². The Kier molecular flexibility index (Phi) is 5.80. The van der Waals surface area contributed by atoms with E-state index in [2.05, 4.69) is 21.4 Å². The van der Waals surface area contributed by atoms with Gasteiger partial charge in [0.2, 0.25) is 0 Å². The van der Waals surface area contributed by atoms with Crippen molar-refractivity contribution >= 4 is 34.3 Å². The Bertz CT molecular complexity index is 1070. The van der Waals surface area contributed by atoms with E-state index in [-0.39, 0.29) is 11.7 Å². The number of rotatable bonds is 4. The van der Waals surface area contributed by atoms with Gasteiger partial charge in [-0.2, -0.15) is 0 Å². The van der Waals surface area contributed by atoms with Crippen LogP contribution in [0.5, 0.6) is 0 Å². The quantitative estimate of drug-likeness (QED) is 0.480. The van der Waals surface area contributed by atoms with Gasteiger partial charge in [0.15, 0.2) is 5.13 Å². The lowest BCUT2D eigenvalue weighted by molar-refractivity contribution is -0.384. The normalized spacial score (nSPS) is 13.7. The number of likely N-dealkylation sites (tertiary alicyclic amines) is 1. The SMILES string of the molecule is O=C(Nc1ncc(-c2ccc([N+](=O)[O-])cc2)s1)N1CCC(=Cc2ccccn2)CC1. The molecule has 1 aliphatic heterocycles. The highest BCUT2D eigenvalue weighted by Crippen LogP contribution is 2.30. The highest BCUT2D eigenvalue weighted by molar-refractivity contribution is 7.19. The lowest BCUT2D eigenvalue weighted by Crippen LogP contribution is -2.39. The number of benzene rings is 1. The molecule has 3 heterocycles. The average Bonchev–Trinajstić information content (AvgIpc) is 3.23. The smallest absolute Gasteiger partial charge is 0.323 e. The van der Waals surface area contributed by atoms with Gasteiger partial charge in [-0.1, -0.05) is 23.0 Å². The van der Waals surface area contributed by atoms with Crippen LogP contribution < -0.4 is 5.32 Å². The van der Waals surface area contributed by atoms with Gasteiger partial charge in [0, 0.05) is 37.6 Å². The number of hydrogen-bond acceptors (Lipinski definition) is 6. The van der Waals surface area contributed by atoms with Crippen LogP contribution in [-0.2, 0) is 0 Å². The van der Waals surface area contributed by atoms with Crippen molar-refractivity contribution in [1.82, 2.24) is 14.9 Å². The number of non-ortho nitro benzene ring substituents is 1. The summed E-state index contributed by atoms with van der Waals surface area (Å²) < 4.78 is 0. The number of thiazole rings is 1. The van der Waals surface area contributed by atoms with Gasteiger partial charge in [0.05, 0.1) is 15.5 Å². The van der Waals surface area contributed by atoms with Crippen molar-refractivity contribution in [2.75, 3.05) is 18.4 Å². The zero-order chi connectivity index (χ0) is 20.9. The predicted octanol–water partition coefficient (Wildman–Crippen LogP) is 4.82. The van der Waals surface area contributed by atoms with E-state index in [0.717, 1.165) is 29.0 Å². The molecule has 1 fully saturated rings. The second-order valence-corrected chi connectivity index (χ2v) is 7.84. The number of nitrogens with one attached hydrogen (secondary N) is 1. The molecule has 1 N–H and O–H groups in total. The maximum atomic E-state index is 12.6. The molecular formula is C21H19N5O3S. The van der Waals surface area contributed by atoms with Crippen LogP contribution in [0, 0.1) is 10.1 Å². The fraction of sp³-hybridized carbons (Fsp3) is 0.190. The molecule has 0 unspecified atom stereocenters. The van der Waals surface area contributed by atoms with Crippen molar-refractivity contribution in [3.63, 3.8) is 0 Å². The fourth-order valence-electron chi connectivity index (χ4n) is 3.20. The van der Waals surface area contributed by atoms with Crippen LogP contribution in [0.3, 0.4) is 0 Å². The van der Waals surface area contributed by atoms with Gasteiger partial charge in [-0.05, 0) is 48.7 Å². The molecule has 4 rings (SSSR count). The first-order valence-corrected chi connectivity index (χ1v) is 10.3. The first-order chi connectivity index (χ1) is 14.6. The van der Waals surface area contributed by atoms with Gasteiger partial charge in [-0.15, -0.1) is 0 Å². The van der Waals surface area contributed by atoms with E-state index in [9.17, 15) is 14.9 Å². The van der Waals surface area contributed by atoms with Crippen molar-refractivity contribution in [3.8, 4) is 10.4 Å². The largest absolute Gasteiger partial charge is 0.324 e. The van der Waals surface area contributed by atoms with Crippen LogP contribution in [0.4, 0.5) is 15.6 Å². The van der Waals surface area contributed by atoms with E-state index >= 15 is 0 Å². The van der Waals surface area contributed by atoms with Gasteiger partial charge in [0.1, 0.15) is 0 Å². The number of amides is 2. The Hall–Kier alpha value is -3.59. The maximum Gasteiger partial charge on any atom is 0.323 e. The van der Waals surface area contributed by atoms with Gasteiger partial charge in [-0.3, -0.25) is 20.4 Å². The number of hydrogen-bond donors (Lipinski definition) is 1. The van der Waals surface area contributed by atoms with Crippen LogP contribution in [0.2, 0.25) is 0 Å². The molecule has 0 aliphatic carbocycles. The zero-order valence-electron chi connectivity index (χ0n) is 16.0. The second kappa shape index (κ2) is 8.83. The minimum absolute atomic E-state index is 0.0401. The molecule has 0 radical (unpaired) electrons. The molecular weight excluding hydrogens is 402 g/mol. The molecule has 2 amide bonds. The molecule has 3 aromatic rings. The Balaban J connectivity index is 1.34. The molecule has 152 valence electrons. The number of piperidine rings is 1. The first kappa shape index (κ1) is 19.7. The summed E-state index contributed by atoms with van der Waals surface area (Å²) in [5.74, 6) is 0. The molecule has 30 heavy (non-hydrogen) atoms. The average molecular weight is 421 g/mol. The maximum absolute atomic E-state index is 12.6. The van der Waals surface area contributed by atoms with E-state index < -0.39 is 4.92 Å². The third-order valence-corrected chi connectivity index (χ3v) is 5.78. The van der Waals surface area contributed by atoms with Crippen LogP contribution >= 0.6 is 11.3 Å². The monoisotopic (exact) mass is 421 g/mol. The number of urea groups is 1. The van der Waals surface area contributed by atoms with E-state index in [1.165, 1.54) is 29.0 Å². The van der Waals surface area contributed by atoms with Crippen molar-refractivity contribution in [2.45, 2.75) is 12.8 Å². The summed E-state index contributed by atoms with van der Waals surface area (Å²) in [5, 5.41) is 14.1. The molecule has 9 heteroatoms. The number of carbonyl (C=O) groups excluding carboxylic acids is 1. The highest BCUT2D eigenvalue weighted by atomic mass is 32.1.